The standard InChI is InChI=1S/C27H22F3N5O3/c28-27(29,30)18-8-4-7-17(13-18)24-23(21-9-11-32-26(31)33-21)34-25(16-5-2-1-3-6-16)35(24)12-10-20-14-19(36)15-22(37)38-20/h1-13,19-20,36H,14-15H2,(H2,31,32,33)/b12-10+/t19-,20-/m1/s1. The van der Waals surface area contributed by atoms with Gasteiger partial charge in [0.1, 0.15) is 17.6 Å². The van der Waals surface area contributed by atoms with Gasteiger partial charge < -0.3 is 15.6 Å². The van der Waals surface area contributed by atoms with Crippen LogP contribution in [0.4, 0.5) is 19.1 Å². The van der Waals surface area contributed by atoms with Crippen molar-refractivity contribution in [3.63, 3.8) is 0 Å². The van der Waals surface area contributed by atoms with Crippen molar-refractivity contribution in [2.45, 2.75) is 31.2 Å². The zero-order valence-corrected chi connectivity index (χ0v) is 19.8. The molecule has 11 heteroatoms. The number of imidazole rings is 1. The number of cyclic esters (lactones) is 1. The van der Waals surface area contributed by atoms with Crippen molar-refractivity contribution >= 4 is 18.1 Å². The van der Waals surface area contributed by atoms with Crippen LogP contribution >= 0.6 is 0 Å². The van der Waals surface area contributed by atoms with E-state index in [1.165, 1.54) is 12.3 Å². The first kappa shape index (κ1) is 25.2. The predicted molar refractivity (Wildman–Crippen MR) is 134 cm³/mol. The van der Waals surface area contributed by atoms with Gasteiger partial charge in [-0.25, -0.2) is 15.0 Å². The number of carbonyl (C=O) groups is 1. The Morgan fingerprint density at radius 3 is 2.53 bits per heavy atom. The first-order chi connectivity index (χ1) is 18.2. The number of aromatic nitrogens is 4. The Hall–Kier alpha value is -4.51. The molecule has 0 bridgehead atoms. The third-order valence-electron chi connectivity index (χ3n) is 5.96. The van der Waals surface area contributed by atoms with Crippen molar-refractivity contribution in [1.29, 1.82) is 0 Å². The van der Waals surface area contributed by atoms with E-state index in [1.807, 2.05) is 30.3 Å². The molecule has 8 nitrogen and oxygen atoms in total. The molecule has 1 aliphatic rings. The van der Waals surface area contributed by atoms with Gasteiger partial charge in [0.2, 0.25) is 5.95 Å². The van der Waals surface area contributed by atoms with Crippen molar-refractivity contribution in [1.82, 2.24) is 19.5 Å². The average Bonchev–Trinajstić information content (AvgIpc) is 3.27. The fourth-order valence-electron chi connectivity index (χ4n) is 4.28. The quantitative estimate of drug-likeness (QED) is 0.362. The monoisotopic (exact) mass is 521 g/mol. The minimum Gasteiger partial charge on any atom is -0.458 e. The summed E-state index contributed by atoms with van der Waals surface area (Å²) in [6, 6.07) is 15.5. The minimum atomic E-state index is -4.56. The Morgan fingerprint density at radius 2 is 1.82 bits per heavy atom. The molecule has 38 heavy (non-hydrogen) atoms. The molecule has 2 atom stereocenters. The van der Waals surface area contributed by atoms with Gasteiger partial charge in [0.15, 0.2) is 0 Å². The van der Waals surface area contributed by atoms with E-state index >= 15 is 0 Å². The molecule has 2 aromatic heterocycles. The van der Waals surface area contributed by atoms with Gasteiger partial charge in [-0.2, -0.15) is 13.2 Å². The van der Waals surface area contributed by atoms with E-state index in [1.54, 1.807) is 29.0 Å². The molecule has 0 unspecified atom stereocenters. The zero-order valence-electron chi connectivity index (χ0n) is 19.8. The van der Waals surface area contributed by atoms with E-state index in [9.17, 15) is 23.1 Å². The van der Waals surface area contributed by atoms with Crippen LogP contribution in [0.25, 0.3) is 40.2 Å². The molecular weight excluding hydrogens is 499 g/mol. The maximum Gasteiger partial charge on any atom is 0.416 e. The summed E-state index contributed by atoms with van der Waals surface area (Å²) in [7, 11) is 0. The number of alkyl halides is 3. The number of halogens is 3. The van der Waals surface area contributed by atoms with Gasteiger partial charge in [0.25, 0.3) is 0 Å². The third kappa shape index (κ3) is 5.28. The summed E-state index contributed by atoms with van der Waals surface area (Å²) in [4.78, 5) is 24.8. The Bertz CT molecular complexity index is 1500. The normalized spacial score (nSPS) is 18.1. The Labute approximate surface area is 215 Å². The summed E-state index contributed by atoms with van der Waals surface area (Å²) in [6.07, 6.45) is -1.48. The van der Waals surface area contributed by atoms with Crippen LogP contribution in [0.15, 0.2) is 72.9 Å². The van der Waals surface area contributed by atoms with Gasteiger partial charge in [0.05, 0.1) is 29.5 Å². The highest BCUT2D eigenvalue weighted by molar-refractivity contribution is 5.83. The first-order valence-electron chi connectivity index (χ1n) is 11.7. The molecule has 4 aromatic rings. The Kier molecular flexibility index (Phi) is 6.68. The number of carbonyl (C=O) groups excluding carboxylic acids is 1. The number of rotatable bonds is 5. The number of hydrogen-bond acceptors (Lipinski definition) is 7. The van der Waals surface area contributed by atoms with E-state index in [-0.39, 0.29) is 30.0 Å². The number of nitrogens with zero attached hydrogens (tertiary/aromatic N) is 4. The summed E-state index contributed by atoms with van der Waals surface area (Å²) in [5, 5.41) is 10.0. The molecular formula is C27H22F3N5O3. The number of ether oxygens (including phenoxy) is 1. The largest absolute Gasteiger partial charge is 0.458 e. The van der Waals surface area contributed by atoms with Gasteiger partial charge in [-0.3, -0.25) is 9.36 Å². The van der Waals surface area contributed by atoms with Gasteiger partial charge in [-0.1, -0.05) is 42.5 Å². The smallest absolute Gasteiger partial charge is 0.416 e. The summed E-state index contributed by atoms with van der Waals surface area (Å²) in [5.74, 6) is -0.154. The number of anilines is 1. The van der Waals surface area contributed by atoms with Gasteiger partial charge in [-0.05, 0) is 24.3 Å². The van der Waals surface area contributed by atoms with Crippen LogP contribution in [0.3, 0.4) is 0 Å². The van der Waals surface area contributed by atoms with Gasteiger partial charge in [-0.15, -0.1) is 0 Å². The van der Waals surface area contributed by atoms with Crippen molar-refractivity contribution in [3.05, 3.63) is 78.5 Å². The zero-order chi connectivity index (χ0) is 26.9. The summed E-state index contributed by atoms with van der Waals surface area (Å²) in [5.41, 5.74) is 6.80. The fourth-order valence-corrected chi connectivity index (χ4v) is 4.28. The van der Waals surface area contributed by atoms with Crippen LogP contribution in [0.1, 0.15) is 18.4 Å². The molecule has 3 N–H and O–H groups in total. The lowest BCUT2D eigenvalue weighted by Crippen LogP contribution is -2.31. The highest BCUT2D eigenvalue weighted by Crippen LogP contribution is 2.38. The number of benzene rings is 2. The molecule has 2 aromatic carbocycles. The molecule has 1 aliphatic heterocycles. The van der Waals surface area contributed by atoms with Crippen LogP contribution in [-0.4, -0.2) is 42.8 Å². The first-order valence-corrected chi connectivity index (χ1v) is 11.7. The van der Waals surface area contributed by atoms with Crippen LogP contribution in [0.2, 0.25) is 0 Å². The molecule has 0 radical (unpaired) electrons. The molecule has 0 aliphatic carbocycles. The maximum absolute atomic E-state index is 13.6. The maximum atomic E-state index is 13.6. The number of nitrogen functional groups attached to an aromatic ring is 1. The predicted octanol–water partition coefficient (Wildman–Crippen LogP) is 4.81. The molecule has 1 saturated heterocycles. The molecule has 3 heterocycles. The molecule has 5 rings (SSSR count). The summed E-state index contributed by atoms with van der Waals surface area (Å²) >= 11 is 0. The molecule has 1 fully saturated rings. The lowest BCUT2D eigenvalue weighted by Gasteiger charge is -2.23. The summed E-state index contributed by atoms with van der Waals surface area (Å²) in [6.45, 7) is 0. The van der Waals surface area contributed by atoms with Crippen molar-refractivity contribution in [2.75, 3.05) is 5.73 Å². The van der Waals surface area contributed by atoms with E-state index in [0.29, 0.717) is 22.8 Å². The second kappa shape index (κ2) is 10.1. The molecule has 0 saturated carbocycles. The number of nitrogens with two attached hydrogens (primary N) is 1. The molecule has 194 valence electrons. The fraction of sp³-hybridized carbons (Fsp3) is 0.185. The number of esters is 1. The van der Waals surface area contributed by atoms with Crippen LogP contribution < -0.4 is 5.73 Å². The second-order valence-electron chi connectivity index (χ2n) is 8.71. The molecule has 0 amide bonds. The van der Waals surface area contributed by atoms with Gasteiger partial charge in [0, 0.05) is 29.9 Å². The lowest BCUT2D eigenvalue weighted by atomic mass is 10.0. The van der Waals surface area contributed by atoms with Crippen molar-refractivity contribution in [2.24, 2.45) is 0 Å². The van der Waals surface area contributed by atoms with E-state index in [4.69, 9.17) is 15.5 Å². The lowest BCUT2D eigenvalue weighted by molar-refractivity contribution is -0.156. The molecule has 0 spiro atoms. The Morgan fingerprint density at radius 1 is 1.05 bits per heavy atom. The van der Waals surface area contributed by atoms with Crippen molar-refractivity contribution in [3.8, 4) is 34.0 Å². The second-order valence-corrected chi connectivity index (χ2v) is 8.71. The van der Waals surface area contributed by atoms with E-state index < -0.39 is 29.9 Å². The average molecular weight is 521 g/mol. The SMILES string of the molecule is Nc1nccc(-c2nc(-c3ccccc3)n(/C=C/[C@@H]3C[C@@H](O)CC(=O)O3)c2-c2cccc(C(F)(F)F)c2)n1. The summed E-state index contributed by atoms with van der Waals surface area (Å²) < 4.78 is 47.9. The van der Waals surface area contributed by atoms with Crippen LogP contribution in [-0.2, 0) is 15.7 Å². The van der Waals surface area contributed by atoms with Crippen molar-refractivity contribution < 1.29 is 27.8 Å². The van der Waals surface area contributed by atoms with Crippen LogP contribution in [0, 0.1) is 0 Å². The van der Waals surface area contributed by atoms with Crippen LogP contribution in [0.5, 0.6) is 0 Å². The number of aliphatic hydroxyl groups is 1. The highest BCUT2D eigenvalue weighted by atomic mass is 19.4. The van der Waals surface area contributed by atoms with Gasteiger partial charge >= 0.3 is 12.1 Å². The highest BCUT2D eigenvalue weighted by Gasteiger charge is 2.32. The third-order valence-corrected chi connectivity index (χ3v) is 5.96. The van der Waals surface area contributed by atoms with E-state index in [2.05, 4.69) is 9.97 Å². The topological polar surface area (TPSA) is 116 Å². The number of hydrogen-bond donors (Lipinski definition) is 2. The number of aliphatic hydroxyl groups excluding tert-OH is 1. The van der Waals surface area contributed by atoms with E-state index in [0.717, 1.165) is 12.1 Å². The Balaban J connectivity index is 1.76. The minimum absolute atomic E-state index is 0.0213.